The second kappa shape index (κ2) is 7.24. The summed E-state index contributed by atoms with van der Waals surface area (Å²) >= 11 is 5.96. The van der Waals surface area contributed by atoms with Crippen LogP contribution in [0.5, 0.6) is 5.75 Å². The van der Waals surface area contributed by atoms with E-state index in [0.717, 1.165) is 6.42 Å². The molecule has 1 rings (SSSR count). The molecular weight excluding hydrogens is 254 g/mol. The predicted octanol–water partition coefficient (Wildman–Crippen LogP) is 2.30. The Morgan fingerprint density at radius 3 is 2.83 bits per heavy atom. The molecule has 18 heavy (non-hydrogen) atoms. The van der Waals surface area contributed by atoms with E-state index in [1.54, 1.807) is 18.2 Å². The van der Waals surface area contributed by atoms with Crippen LogP contribution >= 0.6 is 11.6 Å². The van der Waals surface area contributed by atoms with Crippen LogP contribution in [0.4, 0.5) is 0 Å². The lowest BCUT2D eigenvalue weighted by molar-refractivity contribution is -0.121. The number of carbonyl (C=O) groups excluding carboxylic acids is 1. The van der Waals surface area contributed by atoms with Crippen molar-refractivity contribution < 1.29 is 14.6 Å². The van der Waals surface area contributed by atoms with Crippen LogP contribution in [0, 0.1) is 0 Å². The van der Waals surface area contributed by atoms with Gasteiger partial charge >= 0.3 is 0 Å². The van der Waals surface area contributed by atoms with Gasteiger partial charge in [-0.25, -0.2) is 0 Å². The summed E-state index contributed by atoms with van der Waals surface area (Å²) in [5.41, 5.74) is 0.651. The zero-order chi connectivity index (χ0) is 13.5. The van der Waals surface area contributed by atoms with Crippen molar-refractivity contribution in [3.63, 3.8) is 0 Å². The van der Waals surface area contributed by atoms with Crippen molar-refractivity contribution in [1.82, 2.24) is 5.32 Å². The number of ether oxygens (including phenoxy) is 1. The summed E-state index contributed by atoms with van der Waals surface area (Å²) in [6.45, 7) is 2.11. The van der Waals surface area contributed by atoms with Gasteiger partial charge in [-0.3, -0.25) is 4.79 Å². The third-order valence-electron chi connectivity index (χ3n) is 2.53. The standard InChI is InChI=1S/C13H18ClNO3/c1-3-4-13(17)15-8-11(16)9-5-6-12(18-2)10(14)7-9/h5-7,11,16H,3-4,8H2,1-2H3,(H,15,17). The van der Waals surface area contributed by atoms with E-state index in [9.17, 15) is 9.90 Å². The summed E-state index contributed by atoms with van der Waals surface area (Å²) in [5.74, 6) is 0.499. The Kier molecular flexibility index (Phi) is 5.95. The largest absolute Gasteiger partial charge is 0.495 e. The van der Waals surface area contributed by atoms with Gasteiger partial charge in [-0.2, -0.15) is 0 Å². The summed E-state index contributed by atoms with van der Waals surface area (Å²) in [6.07, 6.45) is 0.487. The van der Waals surface area contributed by atoms with Crippen LogP contribution in [0.2, 0.25) is 5.02 Å². The van der Waals surface area contributed by atoms with Crippen molar-refractivity contribution in [3.05, 3.63) is 28.8 Å². The molecule has 5 heteroatoms. The number of aliphatic hydroxyl groups is 1. The average molecular weight is 272 g/mol. The van der Waals surface area contributed by atoms with Gasteiger partial charge in [0.05, 0.1) is 18.2 Å². The molecule has 0 fully saturated rings. The SMILES string of the molecule is CCCC(=O)NCC(O)c1ccc(OC)c(Cl)c1. The quantitative estimate of drug-likeness (QED) is 0.835. The molecule has 1 unspecified atom stereocenters. The number of nitrogens with one attached hydrogen (secondary N) is 1. The highest BCUT2D eigenvalue weighted by molar-refractivity contribution is 6.32. The predicted molar refractivity (Wildman–Crippen MR) is 70.9 cm³/mol. The Labute approximate surface area is 112 Å². The Balaban J connectivity index is 2.58. The smallest absolute Gasteiger partial charge is 0.220 e. The first-order chi connectivity index (χ1) is 8.58. The molecular formula is C13H18ClNO3. The van der Waals surface area contributed by atoms with E-state index >= 15 is 0 Å². The first kappa shape index (κ1) is 14.8. The zero-order valence-electron chi connectivity index (χ0n) is 10.6. The summed E-state index contributed by atoms with van der Waals surface area (Å²) in [4.78, 5) is 11.3. The highest BCUT2D eigenvalue weighted by Gasteiger charge is 2.11. The third-order valence-corrected chi connectivity index (χ3v) is 2.83. The molecule has 1 aromatic rings. The molecule has 0 aliphatic heterocycles. The lowest BCUT2D eigenvalue weighted by Gasteiger charge is -2.13. The molecule has 100 valence electrons. The van der Waals surface area contributed by atoms with E-state index in [4.69, 9.17) is 16.3 Å². The maximum atomic E-state index is 11.3. The van der Waals surface area contributed by atoms with Crippen LogP contribution < -0.4 is 10.1 Å². The van der Waals surface area contributed by atoms with E-state index in [1.807, 2.05) is 6.92 Å². The van der Waals surface area contributed by atoms with Crippen LogP contribution in [0.25, 0.3) is 0 Å². The lowest BCUT2D eigenvalue weighted by atomic mass is 10.1. The molecule has 0 saturated heterocycles. The maximum absolute atomic E-state index is 11.3. The summed E-state index contributed by atoms with van der Waals surface area (Å²) < 4.78 is 5.03. The van der Waals surface area contributed by atoms with Crippen molar-refractivity contribution in [3.8, 4) is 5.75 Å². The Morgan fingerprint density at radius 1 is 1.56 bits per heavy atom. The number of amides is 1. The van der Waals surface area contributed by atoms with E-state index in [0.29, 0.717) is 22.8 Å². The summed E-state index contributed by atoms with van der Waals surface area (Å²) in [6, 6.07) is 5.05. The van der Waals surface area contributed by atoms with Gasteiger partial charge in [0.2, 0.25) is 5.91 Å². The van der Waals surface area contributed by atoms with Crippen LogP contribution in [-0.4, -0.2) is 24.7 Å². The minimum absolute atomic E-state index is 0.0591. The van der Waals surface area contributed by atoms with Crippen molar-refractivity contribution in [2.45, 2.75) is 25.9 Å². The molecule has 0 heterocycles. The van der Waals surface area contributed by atoms with Gasteiger partial charge in [-0.15, -0.1) is 0 Å². The number of aliphatic hydroxyl groups excluding tert-OH is 1. The minimum atomic E-state index is -0.769. The number of rotatable bonds is 6. The highest BCUT2D eigenvalue weighted by Crippen LogP contribution is 2.27. The molecule has 1 amide bonds. The highest BCUT2D eigenvalue weighted by atomic mass is 35.5. The zero-order valence-corrected chi connectivity index (χ0v) is 11.3. The molecule has 4 nitrogen and oxygen atoms in total. The van der Waals surface area contributed by atoms with E-state index in [-0.39, 0.29) is 12.5 Å². The molecule has 0 radical (unpaired) electrons. The molecule has 1 aromatic carbocycles. The number of hydrogen-bond donors (Lipinski definition) is 2. The first-order valence-corrected chi connectivity index (χ1v) is 6.24. The summed E-state index contributed by atoms with van der Waals surface area (Å²) in [7, 11) is 1.53. The van der Waals surface area contributed by atoms with Crippen LogP contribution in [0.15, 0.2) is 18.2 Å². The van der Waals surface area contributed by atoms with Crippen molar-refractivity contribution in [1.29, 1.82) is 0 Å². The molecule has 0 spiro atoms. The van der Waals surface area contributed by atoms with Crippen molar-refractivity contribution >= 4 is 17.5 Å². The Hall–Kier alpha value is -1.26. The van der Waals surface area contributed by atoms with E-state index in [2.05, 4.69) is 5.32 Å². The summed E-state index contributed by atoms with van der Waals surface area (Å²) in [5, 5.41) is 13.0. The van der Waals surface area contributed by atoms with Crippen molar-refractivity contribution in [2.75, 3.05) is 13.7 Å². The average Bonchev–Trinajstić information content (AvgIpc) is 2.36. The molecule has 2 N–H and O–H groups in total. The Bertz CT molecular complexity index is 409. The van der Waals surface area contributed by atoms with Gasteiger partial charge < -0.3 is 15.2 Å². The van der Waals surface area contributed by atoms with Crippen molar-refractivity contribution in [2.24, 2.45) is 0 Å². The van der Waals surface area contributed by atoms with Gasteiger partial charge in [0.1, 0.15) is 5.75 Å². The molecule has 0 saturated carbocycles. The maximum Gasteiger partial charge on any atom is 0.220 e. The molecule has 0 aliphatic carbocycles. The number of benzene rings is 1. The second-order valence-electron chi connectivity index (χ2n) is 3.96. The fourth-order valence-electron chi connectivity index (χ4n) is 1.53. The normalized spacial score (nSPS) is 12.0. The monoisotopic (exact) mass is 271 g/mol. The molecule has 0 aromatic heterocycles. The van der Waals surface area contributed by atoms with Crippen LogP contribution in [0.3, 0.4) is 0 Å². The third kappa shape index (κ3) is 4.20. The topological polar surface area (TPSA) is 58.6 Å². The second-order valence-corrected chi connectivity index (χ2v) is 4.37. The number of methoxy groups -OCH3 is 1. The fraction of sp³-hybridized carbons (Fsp3) is 0.462. The van der Waals surface area contributed by atoms with E-state index in [1.165, 1.54) is 7.11 Å². The number of hydrogen-bond acceptors (Lipinski definition) is 3. The van der Waals surface area contributed by atoms with Gasteiger partial charge in [-0.05, 0) is 24.1 Å². The van der Waals surface area contributed by atoms with Gasteiger partial charge in [0.15, 0.2) is 0 Å². The van der Waals surface area contributed by atoms with Crippen LogP contribution in [-0.2, 0) is 4.79 Å². The molecule has 0 aliphatic rings. The number of halogens is 1. The number of carbonyl (C=O) groups is 1. The van der Waals surface area contributed by atoms with Gasteiger partial charge in [-0.1, -0.05) is 24.6 Å². The minimum Gasteiger partial charge on any atom is -0.495 e. The first-order valence-electron chi connectivity index (χ1n) is 5.86. The molecule has 1 atom stereocenters. The lowest BCUT2D eigenvalue weighted by Crippen LogP contribution is -2.27. The van der Waals surface area contributed by atoms with Gasteiger partial charge in [0, 0.05) is 13.0 Å². The Morgan fingerprint density at radius 2 is 2.28 bits per heavy atom. The fourth-order valence-corrected chi connectivity index (χ4v) is 1.80. The van der Waals surface area contributed by atoms with E-state index < -0.39 is 6.10 Å². The van der Waals surface area contributed by atoms with Crippen LogP contribution in [0.1, 0.15) is 31.4 Å². The van der Waals surface area contributed by atoms with Gasteiger partial charge in [0.25, 0.3) is 0 Å². The molecule has 0 bridgehead atoms.